The Morgan fingerprint density at radius 3 is 2.84 bits per heavy atom. The van der Waals surface area contributed by atoms with Crippen molar-refractivity contribution in [1.82, 2.24) is 0 Å². The fraction of sp³-hybridized carbons (Fsp3) is 0.385. The molecule has 0 saturated carbocycles. The maximum Gasteiger partial charge on any atom is 0.267 e. The lowest BCUT2D eigenvalue weighted by Crippen LogP contribution is -2.47. The largest absolute Gasteiger partial charge is 0.479 e. The Labute approximate surface area is 111 Å². The van der Waals surface area contributed by atoms with Crippen LogP contribution in [-0.4, -0.2) is 24.5 Å². The first kappa shape index (κ1) is 13.2. The van der Waals surface area contributed by atoms with Crippen LogP contribution in [0.1, 0.15) is 13.8 Å². The molecule has 0 saturated heterocycles. The molecule has 0 aromatic heterocycles. The van der Waals surface area contributed by atoms with E-state index in [4.69, 9.17) is 16.2 Å². The monoisotopic (exact) mass is 263 g/mol. The molecule has 1 aromatic rings. The molecule has 0 aliphatic carbocycles. The van der Waals surface area contributed by atoms with Gasteiger partial charge in [0.15, 0.2) is 6.10 Å². The summed E-state index contributed by atoms with van der Waals surface area (Å²) in [5, 5.41) is 0. The molecule has 1 heterocycles. The number of fused-ring (bicyclic) bond motifs is 1. The summed E-state index contributed by atoms with van der Waals surface area (Å²) in [5.74, 6) is -0.516. The van der Waals surface area contributed by atoms with Crippen LogP contribution in [0.25, 0.3) is 0 Å². The highest BCUT2D eigenvalue weighted by Gasteiger charge is 2.33. The fourth-order valence-corrected chi connectivity index (χ4v) is 1.98. The first-order chi connectivity index (χ1) is 8.90. The van der Waals surface area contributed by atoms with Crippen molar-refractivity contribution in [3.8, 4) is 5.75 Å². The van der Waals surface area contributed by atoms with Gasteiger partial charge in [-0.3, -0.25) is 9.59 Å². The second-order valence-corrected chi connectivity index (χ2v) is 4.74. The highest BCUT2D eigenvalue weighted by atomic mass is 16.5. The van der Waals surface area contributed by atoms with E-state index in [0.29, 0.717) is 17.1 Å². The van der Waals surface area contributed by atoms with E-state index in [2.05, 4.69) is 0 Å². The third-order valence-corrected chi connectivity index (χ3v) is 3.13. The molecule has 0 fully saturated rings. The molecule has 2 unspecified atom stereocenters. The van der Waals surface area contributed by atoms with Crippen LogP contribution in [0, 0.1) is 5.92 Å². The van der Waals surface area contributed by atoms with Crippen molar-refractivity contribution in [1.29, 1.82) is 0 Å². The summed E-state index contributed by atoms with van der Waals surface area (Å²) in [6, 6.07) is 5.07. The van der Waals surface area contributed by atoms with Crippen LogP contribution in [0.2, 0.25) is 0 Å². The zero-order chi connectivity index (χ0) is 14.2. The van der Waals surface area contributed by atoms with Gasteiger partial charge >= 0.3 is 0 Å². The highest BCUT2D eigenvalue weighted by Crippen LogP contribution is 2.35. The molecular weight excluding hydrogens is 246 g/mol. The number of amides is 2. The Balaban J connectivity index is 2.36. The van der Waals surface area contributed by atoms with E-state index >= 15 is 0 Å². The van der Waals surface area contributed by atoms with Crippen LogP contribution in [0.15, 0.2) is 18.2 Å². The number of nitrogen functional groups attached to an aromatic ring is 1. The number of carbonyl (C=O) groups excluding carboxylic acids is 2. The first-order valence-electron chi connectivity index (χ1n) is 6.07. The van der Waals surface area contributed by atoms with Gasteiger partial charge in [-0.15, -0.1) is 0 Å². The summed E-state index contributed by atoms with van der Waals surface area (Å²) in [4.78, 5) is 24.8. The van der Waals surface area contributed by atoms with Crippen molar-refractivity contribution in [3.63, 3.8) is 0 Å². The molecule has 1 aliphatic rings. The molecule has 0 bridgehead atoms. The summed E-state index contributed by atoms with van der Waals surface area (Å²) >= 11 is 0. The zero-order valence-corrected chi connectivity index (χ0v) is 10.9. The highest BCUT2D eigenvalue weighted by molar-refractivity contribution is 6.00. The van der Waals surface area contributed by atoms with Gasteiger partial charge in [0.1, 0.15) is 5.75 Å². The minimum absolute atomic E-state index is 0.189. The van der Waals surface area contributed by atoms with Crippen molar-refractivity contribution < 1.29 is 14.3 Å². The average Bonchev–Trinajstić information content (AvgIpc) is 2.34. The van der Waals surface area contributed by atoms with E-state index in [9.17, 15) is 9.59 Å². The molecular formula is C13H17N3O3. The van der Waals surface area contributed by atoms with Crippen molar-refractivity contribution in [3.05, 3.63) is 18.2 Å². The number of nitrogens with two attached hydrogens (primary N) is 2. The van der Waals surface area contributed by atoms with E-state index in [-0.39, 0.29) is 12.5 Å². The number of ether oxygens (including phenoxy) is 1. The van der Waals surface area contributed by atoms with Crippen LogP contribution in [0.5, 0.6) is 5.75 Å². The van der Waals surface area contributed by atoms with Gasteiger partial charge in [0.25, 0.3) is 5.91 Å². The second kappa shape index (κ2) is 4.79. The molecule has 0 spiro atoms. The maximum absolute atomic E-state index is 12.1. The minimum atomic E-state index is -0.602. The van der Waals surface area contributed by atoms with Gasteiger partial charge in [0.05, 0.1) is 11.6 Å². The van der Waals surface area contributed by atoms with E-state index in [1.54, 1.807) is 32.0 Å². The Morgan fingerprint density at radius 1 is 1.53 bits per heavy atom. The zero-order valence-electron chi connectivity index (χ0n) is 10.9. The predicted molar refractivity (Wildman–Crippen MR) is 71.7 cm³/mol. The van der Waals surface area contributed by atoms with Gasteiger partial charge in [-0.2, -0.15) is 0 Å². The van der Waals surface area contributed by atoms with Crippen LogP contribution >= 0.6 is 0 Å². The fourth-order valence-electron chi connectivity index (χ4n) is 1.98. The summed E-state index contributed by atoms with van der Waals surface area (Å²) in [5.41, 5.74) is 12.1. The molecule has 1 aromatic carbocycles. The standard InChI is InChI=1S/C13H17N3O3/c1-7(12(15)17)6-16-10-4-3-9(14)5-11(10)19-8(2)13(16)18/h3-5,7-8H,6,14H2,1-2H3,(H2,15,17). The first-order valence-corrected chi connectivity index (χ1v) is 6.07. The van der Waals surface area contributed by atoms with Crippen LogP contribution in [-0.2, 0) is 9.59 Å². The number of nitrogens with zero attached hydrogens (tertiary/aromatic N) is 1. The van der Waals surface area contributed by atoms with Crippen molar-refractivity contribution in [2.24, 2.45) is 11.7 Å². The molecule has 6 heteroatoms. The third-order valence-electron chi connectivity index (χ3n) is 3.13. The molecule has 1 aliphatic heterocycles. The maximum atomic E-state index is 12.1. The third kappa shape index (κ3) is 2.47. The van der Waals surface area contributed by atoms with Gasteiger partial charge in [0, 0.05) is 18.3 Å². The molecule has 102 valence electrons. The number of rotatable bonds is 3. The number of benzene rings is 1. The molecule has 2 amide bonds. The molecule has 2 rings (SSSR count). The van der Waals surface area contributed by atoms with Gasteiger partial charge in [-0.05, 0) is 19.1 Å². The molecule has 2 atom stereocenters. The Morgan fingerprint density at radius 2 is 2.21 bits per heavy atom. The second-order valence-electron chi connectivity index (χ2n) is 4.74. The molecule has 0 radical (unpaired) electrons. The van der Waals surface area contributed by atoms with Crippen molar-refractivity contribution in [2.45, 2.75) is 20.0 Å². The van der Waals surface area contributed by atoms with Crippen LogP contribution < -0.4 is 21.1 Å². The number of anilines is 2. The van der Waals surface area contributed by atoms with E-state index in [1.807, 2.05) is 0 Å². The Bertz CT molecular complexity index is 530. The summed E-state index contributed by atoms with van der Waals surface area (Å²) in [6.07, 6.45) is -0.602. The summed E-state index contributed by atoms with van der Waals surface area (Å²) in [6.45, 7) is 3.59. The van der Waals surface area contributed by atoms with Crippen molar-refractivity contribution >= 4 is 23.2 Å². The lowest BCUT2D eigenvalue weighted by atomic mass is 10.1. The normalized spacial score (nSPS) is 19.6. The molecule has 19 heavy (non-hydrogen) atoms. The van der Waals surface area contributed by atoms with Crippen LogP contribution in [0.4, 0.5) is 11.4 Å². The van der Waals surface area contributed by atoms with Gasteiger partial charge in [0.2, 0.25) is 5.91 Å². The Hall–Kier alpha value is -2.24. The van der Waals surface area contributed by atoms with E-state index < -0.39 is 17.9 Å². The van der Waals surface area contributed by atoms with E-state index in [0.717, 1.165) is 0 Å². The number of primary amides is 1. The Kier molecular flexibility index (Phi) is 3.33. The lowest BCUT2D eigenvalue weighted by Gasteiger charge is -2.34. The average molecular weight is 263 g/mol. The van der Waals surface area contributed by atoms with Crippen LogP contribution in [0.3, 0.4) is 0 Å². The minimum Gasteiger partial charge on any atom is -0.479 e. The predicted octanol–water partition coefficient (Wildman–Crippen LogP) is 0.504. The van der Waals surface area contributed by atoms with Gasteiger partial charge in [-0.25, -0.2) is 0 Å². The van der Waals surface area contributed by atoms with Crippen molar-refractivity contribution in [2.75, 3.05) is 17.2 Å². The number of hydrogen-bond acceptors (Lipinski definition) is 4. The van der Waals surface area contributed by atoms with Gasteiger partial charge in [-0.1, -0.05) is 6.92 Å². The summed E-state index contributed by atoms with van der Waals surface area (Å²) < 4.78 is 5.51. The SMILES string of the molecule is CC(CN1C(=O)C(C)Oc2cc(N)ccc21)C(N)=O. The smallest absolute Gasteiger partial charge is 0.267 e. The summed E-state index contributed by atoms with van der Waals surface area (Å²) in [7, 11) is 0. The topological polar surface area (TPSA) is 98.7 Å². The number of carbonyl (C=O) groups is 2. The van der Waals surface area contributed by atoms with E-state index in [1.165, 1.54) is 4.90 Å². The molecule has 4 N–H and O–H groups in total. The quantitative estimate of drug-likeness (QED) is 0.776. The molecule has 6 nitrogen and oxygen atoms in total. The lowest BCUT2D eigenvalue weighted by molar-refractivity contribution is -0.126. The number of hydrogen-bond donors (Lipinski definition) is 2. The van der Waals surface area contributed by atoms with Gasteiger partial charge < -0.3 is 21.1 Å².